The van der Waals surface area contributed by atoms with E-state index in [0.717, 1.165) is 11.3 Å². The van der Waals surface area contributed by atoms with Crippen molar-refractivity contribution in [3.63, 3.8) is 0 Å². The molecule has 202 valence electrons. The molecule has 4 aromatic rings. The van der Waals surface area contributed by atoms with Crippen LogP contribution >= 0.6 is 11.6 Å². The molecule has 0 aliphatic heterocycles. The molecular formula is C31H31ClN2O5. The van der Waals surface area contributed by atoms with Crippen molar-refractivity contribution in [2.24, 2.45) is 0 Å². The third kappa shape index (κ3) is 7.35. The smallest absolute Gasteiger partial charge is 0.335 e. The molecule has 4 N–H and O–H groups in total. The number of amides is 1. The summed E-state index contributed by atoms with van der Waals surface area (Å²) in [5, 5.41) is 25.5. The van der Waals surface area contributed by atoms with E-state index < -0.39 is 17.9 Å². The van der Waals surface area contributed by atoms with E-state index in [2.05, 4.69) is 48.7 Å². The number of carbonyl (C=O) groups excluding carboxylic acids is 1. The minimum Gasteiger partial charge on any atom is -0.478 e. The average Bonchev–Trinajstić information content (AvgIpc) is 3.41. The number of carboxylic acid groups (broad SMARTS) is 1. The van der Waals surface area contributed by atoms with Crippen LogP contribution in [0.5, 0.6) is 0 Å². The van der Waals surface area contributed by atoms with Gasteiger partial charge in [0.1, 0.15) is 11.5 Å². The van der Waals surface area contributed by atoms with Crippen LogP contribution in [0.15, 0.2) is 83.3 Å². The molecule has 3 aromatic carbocycles. The molecule has 0 aliphatic carbocycles. The van der Waals surface area contributed by atoms with Gasteiger partial charge in [0.15, 0.2) is 0 Å². The number of carbonyl (C=O) groups is 2. The molecule has 0 spiro atoms. The second-order valence-corrected chi connectivity index (χ2v) is 9.94. The lowest BCUT2D eigenvalue weighted by Gasteiger charge is -2.17. The zero-order valence-electron chi connectivity index (χ0n) is 21.8. The van der Waals surface area contributed by atoms with Gasteiger partial charge < -0.3 is 25.3 Å². The Balaban J connectivity index is 1.40. The van der Waals surface area contributed by atoms with E-state index >= 15 is 0 Å². The van der Waals surface area contributed by atoms with Crippen molar-refractivity contribution in [2.75, 3.05) is 6.61 Å². The van der Waals surface area contributed by atoms with E-state index in [1.165, 1.54) is 23.3 Å². The van der Waals surface area contributed by atoms with Gasteiger partial charge in [0.25, 0.3) is 5.91 Å². The molecular weight excluding hydrogens is 516 g/mol. The molecule has 1 amide bonds. The van der Waals surface area contributed by atoms with Crippen molar-refractivity contribution < 1.29 is 24.2 Å². The van der Waals surface area contributed by atoms with Crippen molar-refractivity contribution in [3.8, 4) is 11.3 Å². The molecule has 0 fully saturated rings. The number of aliphatic hydroxyl groups is 1. The van der Waals surface area contributed by atoms with Gasteiger partial charge in [-0.25, -0.2) is 4.79 Å². The van der Waals surface area contributed by atoms with Crippen molar-refractivity contribution in [1.29, 1.82) is 0 Å². The third-order valence-electron chi connectivity index (χ3n) is 6.56. The number of aryl methyl sites for hydroxylation is 1. The fraction of sp³-hybridized carbons (Fsp3) is 0.226. The molecule has 39 heavy (non-hydrogen) atoms. The summed E-state index contributed by atoms with van der Waals surface area (Å²) in [4.78, 5) is 24.1. The largest absolute Gasteiger partial charge is 0.478 e. The van der Waals surface area contributed by atoms with Crippen LogP contribution < -0.4 is 10.6 Å². The molecule has 1 heterocycles. The van der Waals surface area contributed by atoms with Gasteiger partial charge in [-0.2, -0.15) is 0 Å². The number of aliphatic hydroxyl groups excluding tert-OH is 1. The third-order valence-corrected chi connectivity index (χ3v) is 6.89. The van der Waals surface area contributed by atoms with Crippen LogP contribution in [-0.4, -0.2) is 34.7 Å². The van der Waals surface area contributed by atoms with Crippen LogP contribution in [-0.2, 0) is 13.0 Å². The van der Waals surface area contributed by atoms with Gasteiger partial charge in [0.2, 0.25) is 0 Å². The Labute approximate surface area is 232 Å². The summed E-state index contributed by atoms with van der Waals surface area (Å²) in [7, 11) is 0. The summed E-state index contributed by atoms with van der Waals surface area (Å²) in [5.74, 6) is -0.0693. The summed E-state index contributed by atoms with van der Waals surface area (Å²) in [6.07, 6.45) is 0.328. The molecule has 0 saturated carbocycles. The number of furan rings is 1. The lowest BCUT2D eigenvalue weighted by molar-refractivity contribution is 0.0696. The zero-order valence-corrected chi connectivity index (χ0v) is 22.5. The van der Waals surface area contributed by atoms with E-state index in [4.69, 9.17) is 21.1 Å². The van der Waals surface area contributed by atoms with Gasteiger partial charge in [-0.05, 0) is 73.9 Å². The molecule has 8 heteroatoms. The van der Waals surface area contributed by atoms with Crippen molar-refractivity contribution in [2.45, 2.75) is 38.9 Å². The van der Waals surface area contributed by atoms with E-state index in [1.54, 1.807) is 30.3 Å². The highest BCUT2D eigenvalue weighted by molar-refractivity contribution is 6.34. The molecule has 2 atom stereocenters. The Bertz CT molecular complexity index is 1430. The van der Waals surface area contributed by atoms with Crippen LogP contribution in [0, 0.1) is 6.92 Å². The second kappa shape index (κ2) is 12.8. The van der Waals surface area contributed by atoms with Gasteiger partial charge >= 0.3 is 5.97 Å². The number of rotatable bonds is 11. The number of aromatic carboxylic acids is 1. The van der Waals surface area contributed by atoms with E-state index in [0.29, 0.717) is 24.3 Å². The normalized spacial score (nSPS) is 12.6. The number of hydrogen-bond donors (Lipinski definition) is 4. The second-order valence-electron chi connectivity index (χ2n) is 9.53. The number of hydrogen-bond acceptors (Lipinski definition) is 5. The Kier molecular flexibility index (Phi) is 9.19. The topological polar surface area (TPSA) is 112 Å². The Morgan fingerprint density at radius 3 is 2.36 bits per heavy atom. The van der Waals surface area contributed by atoms with Crippen molar-refractivity contribution in [1.82, 2.24) is 10.6 Å². The van der Waals surface area contributed by atoms with Crippen molar-refractivity contribution in [3.05, 3.63) is 117 Å². The maximum absolute atomic E-state index is 13.1. The van der Waals surface area contributed by atoms with Gasteiger partial charge in [0, 0.05) is 11.6 Å². The van der Waals surface area contributed by atoms with Crippen LogP contribution in [0.4, 0.5) is 0 Å². The summed E-state index contributed by atoms with van der Waals surface area (Å²) in [6, 6.07) is 23.1. The first-order valence-electron chi connectivity index (χ1n) is 12.7. The summed E-state index contributed by atoms with van der Waals surface area (Å²) >= 11 is 6.35. The van der Waals surface area contributed by atoms with Crippen molar-refractivity contribution >= 4 is 23.5 Å². The lowest BCUT2D eigenvalue weighted by atomic mass is 10.0. The Morgan fingerprint density at radius 1 is 0.974 bits per heavy atom. The fourth-order valence-electron chi connectivity index (χ4n) is 4.20. The van der Waals surface area contributed by atoms with E-state index in [-0.39, 0.29) is 28.8 Å². The molecule has 0 radical (unpaired) electrons. The fourth-order valence-corrected chi connectivity index (χ4v) is 4.40. The van der Waals surface area contributed by atoms with Crippen LogP contribution in [0.1, 0.15) is 56.1 Å². The molecule has 4 rings (SSSR count). The average molecular weight is 547 g/mol. The summed E-state index contributed by atoms with van der Waals surface area (Å²) in [6.45, 7) is 4.41. The molecule has 0 aliphatic rings. The van der Waals surface area contributed by atoms with Gasteiger partial charge in [-0.1, -0.05) is 53.6 Å². The number of carboxylic acids is 1. The maximum atomic E-state index is 13.1. The highest BCUT2D eigenvalue weighted by atomic mass is 35.5. The predicted octanol–water partition coefficient (Wildman–Crippen LogP) is 5.79. The van der Waals surface area contributed by atoms with Gasteiger partial charge in [0.05, 0.1) is 35.3 Å². The summed E-state index contributed by atoms with van der Waals surface area (Å²) < 4.78 is 6.04. The quantitative estimate of drug-likeness (QED) is 0.189. The lowest BCUT2D eigenvalue weighted by Crippen LogP contribution is -2.39. The summed E-state index contributed by atoms with van der Waals surface area (Å²) in [5.41, 5.74) is 4.33. The molecule has 0 bridgehead atoms. The number of halogens is 1. The van der Waals surface area contributed by atoms with Crippen LogP contribution in [0.3, 0.4) is 0 Å². The standard InChI is InChI=1S/C31H31ClN2O5/c1-19-3-7-22(8-4-19)20(2)33-17-26-12-14-29(39-26)24-11-13-28(32)27(16-24)30(36)34-25(18-35)15-21-5-9-23(10-6-21)31(37)38/h3-14,16,20,25,33,35H,15,17-18H2,1-2H3,(H,34,36)(H,37,38)/t20-,25-/m1/s1. The van der Waals surface area contributed by atoms with E-state index in [9.17, 15) is 14.7 Å². The first kappa shape index (κ1) is 28.1. The number of nitrogens with one attached hydrogen (secondary N) is 2. The minimum atomic E-state index is -1.01. The first-order chi connectivity index (χ1) is 18.7. The number of benzene rings is 3. The Morgan fingerprint density at radius 2 is 1.69 bits per heavy atom. The first-order valence-corrected chi connectivity index (χ1v) is 13.0. The molecule has 7 nitrogen and oxygen atoms in total. The highest BCUT2D eigenvalue weighted by Gasteiger charge is 2.18. The predicted molar refractivity (Wildman–Crippen MR) is 151 cm³/mol. The molecule has 1 aromatic heterocycles. The minimum absolute atomic E-state index is 0.152. The van der Waals surface area contributed by atoms with Crippen LogP contribution in [0.25, 0.3) is 11.3 Å². The van der Waals surface area contributed by atoms with Gasteiger partial charge in [-0.15, -0.1) is 0 Å². The van der Waals surface area contributed by atoms with E-state index in [1.807, 2.05) is 12.1 Å². The highest BCUT2D eigenvalue weighted by Crippen LogP contribution is 2.27. The maximum Gasteiger partial charge on any atom is 0.335 e. The zero-order chi connectivity index (χ0) is 27.9. The SMILES string of the molecule is Cc1ccc([C@@H](C)NCc2ccc(-c3ccc(Cl)c(C(=O)N[C@@H](CO)Cc4ccc(C(=O)O)cc4)c3)o2)cc1. The molecule has 0 saturated heterocycles. The monoisotopic (exact) mass is 546 g/mol. The van der Waals surface area contributed by atoms with Gasteiger partial charge in [-0.3, -0.25) is 4.79 Å². The molecule has 0 unspecified atom stereocenters. The van der Waals surface area contributed by atoms with Crippen LogP contribution in [0.2, 0.25) is 5.02 Å². The Hall–Kier alpha value is -3.91.